The molecule has 1 aliphatic heterocycles. The van der Waals surface area contributed by atoms with E-state index in [1.807, 2.05) is 0 Å². The van der Waals surface area contributed by atoms with Crippen molar-refractivity contribution in [3.63, 3.8) is 0 Å². The van der Waals surface area contributed by atoms with E-state index in [1.165, 1.54) is 153 Å². The standard InChI is InChI=1S/C24H48S/c1-2-4-6-8-10-12-14-16-18-20-22-24-25-23-21-19-17-15-13-11-9-7-5-3-1/h1-24H2. The monoisotopic (exact) mass is 368 g/mol. The quantitative estimate of drug-likeness (QED) is 0.410. The van der Waals surface area contributed by atoms with E-state index in [0.29, 0.717) is 0 Å². The topological polar surface area (TPSA) is 0 Å². The molecule has 0 aromatic carbocycles. The number of hydrogen-bond donors (Lipinski definition) is 0. The van der Waals surface area contributed by atoms with E-state index >= 15 is 0 Å². The van der Waals surface area contributed by atoms with Gasteiger partial charge in [0.2, 0.25) is 0 Å². The molecule has 1 heteroatoms. The molecule has 1 saturated heterocycles. The molecule has 0 spiro atoms. The Morgan fingerprint density at radius 1 is 0.200 bits per heavy atom. The van der Waals surface area contributed by atoms with Crippen LogP contribution < -0.4 is 0 Å². The average Bonchev–Trinajstić information content (AvgIpc) is 2.62. The third-order valence-electron chi connectivity index (χ3n) is 5.83. The van der Waals surface area contributed by atoms with E-state index in [0.717, 1.165) is 0 Å². The van der Waals surface area contributed by atoms with Crippen LogP contribution in [0.1, 0.15) is 141 Å². The third-order valence-corrected chi connectivity index (χ3v) is 6.98. The van der Waals surface area contributed by atoms with E-state index < -0.39 is 0 Å². The first-order chi connectivity index (χ1) is 12.5. The lowest BCUT2D eigenvalue weighted by molar-refractivity contribution is 0.520. The second-order valence-electron chi connectivity index (χ2n) is 8.39. The highest BCUT2D eigenvalue weighted by Gasteiger charge is 1.97. The summed E-state index contributed by atoms with van der Waals surface area (Å²) in [5, 5.41) is 0. The van der Waals surface area contributed by atoms with Gasteiger partial charge in [-0.05, 0) is 24.3 Å². The summed E-state index contributed by atoms with van der Waals surface area (Å²) in [5.41, 5.74) is 0. The van der Waals surface area contributed by atoms with E-state index in [1.54, 1.807) is 0 Å². The van der Waals surface area contributed by atoms with Gasteiger partial charge in [-0.15, -0.1) is 0 Å². The maximum absolute atomic E-state index is 2.21. The second-order valence-corrected chi connectivity index (χ2v) is 9.62. The van der Waals surface area contributed by atoms with E-state index in [9.17, 15) is 0 Å². The zero-order valence-corrected chi connectivity index (χ0v) is 18.2. The molecule has 0 atom stereocenters. The van der Waals surface area contributed by atoms with Crippen LogP contribution in [0, 0.1) is 0 Å². The first-order valence-electron chi connectivity index (χ1n) is 12.1. The van der Waals surface area contributed by atoms with E-state index in [2.05, 4.69) is 11.8 Å². The Kier molecular flexibility index (Phi) is 19.3. The number of hydrogen-bond acceptors (Lipinski definition) is 1. The smallest absolute Gasteiger partial charge is 0.00675 e. The molecule has 0 unspecified atom stereocenters. The summed E-state index contributed by atoms with van der Waals surface area (Å²) in [6, 6.07) is 0. The van der Waals surface area contributed by atoms with Crippen molar-refractivity contribution >= 4 is 11.8 Å². The normalized spacial score (nSPS) is 24.0. The summed E-state index contributed by atoms with van der Waals surface area (Å²) in [5.74, 6) is 2.83. The summed E-state index contributed by atoms with van der Waals surface area (Å²) in [6.45, 7) is 0. The third kappa shape index (κ3) is 18.9. The SMILES string of the molecule is C1CCCCCCCCCCCCSCCCCCCCCCCC1. The Labute approximate surface area is 164 Å². The molecule has 0 bridgehead atoms. The van der Waals surface area contributed by atoms with Crippen molar-refractivity contribution in [2.45, 2.75) is 141 Å². The van der Waals surface area contributed by atoms with Crippen LogP contribution in [-0.2, 0) is 0 Å². The first kappa shape index (κ1) is 23.4. The molecule has 1 rings (SSSR count). The number of thioether (sulfide) groups is 1. The molecule has 0 radical (unpaired) electrons. The van der Waals surface area contributed by atoms with Gasteiger partial charge in [-0.1, -0.05) is 128 Å². The second kappa shape index (κ2) is 20.7. The fourth-order valence-corrected chi connectivity index (χ4v) is 5.07. The average molecular weight is 369 g/mol. The molecule has 0 amide bonds. The van der Waals surface area contributed by atoms with Crippen molar-refractivity contribution in [2.75, 3.05) is 11.5 Å². The highest BCUT2D eigenvalue weighted by molar-refractivity contribution is 7.99. The summed E-state index contributed by atoms with van der Waals surface area (Å²) in [4.78, 5) is 0. The molecule has 0 nitrogen and oxygen atoms in total. The van der Waals surface area contributed by atoms with Crippen LogP contribution in [0.15, 0.2) is 0 Å². The summed E-state index contributed by atoms with van der Waals surface area (Å²) < 4.78 is 0. The Morgan fingerprint density at radius 2 is 0.360 bits per heavy atom. The van der Waals surface area contributed by atoms with Crippen molar-refractivity contribution in [1.29, 1.82) is 0 Å². The largest absolute Gasteiger partial charge is 0.162 e. The minimum Gasteiger partial charge on any atom is -0.162 e. The molecule has 0 aromatic rings. The van der Waals surface area contributed by atoms with Crippen LogP contribution in [-0.4, -0.2) is 11.5 Å². The van der Waals surface area contributed by atoms with Gasteiger partial charge in [0.25, 0.3) is 0 Å². The maximum Gasteiger partial charge on any atom is -0.00675 e. The molecule has 0 saturated carbocycles. The Bertz CT molecular complexity index is 122. The van der Waals surface area contributed by atoms with Crippen LogP contribution in [0.5, 0.6) is 0 Å². The van der Waals surface area contributed by atoms with Gasteiger partial charge in [0, 0.05) is 0 Å². The zero-order chi connectivity index (χ0) is 17.7. The molecule has 0 N–H and O–H groups in total. The van der Waals surface area contributed by atoms with Crippen molar-refractivity contribution in [3.8, 4) is 0 Å². The molecule has 1 aliphatic rings. The van der Waals surface area contributed by atoms with Crippen molar-refractivity contribution in [1.82, 2.24) is 0 Å². The van der Waals surface area contributed by atoms with E-state index in [4.69, 9.17) is 0 Å². The van der Waals surface area contributed by atoms with Gasteiger partial charge in [0.05, 0.1) is 0 Å². The fourth-order valence-electron chi connectivity index (χ4n) is 4.05. The van der Waals surface area contributed by atoms with Crippen LogP contribution >= 0.6 is 11.8 Å². The zero-order valence-electron chi connectivity index (χ0n) is 17.4. The Morgan fingerprint density at radius 3 is 0.560 bits per heavy atom. The lowest BCUT2D eigenvalue weighted by Gasteiger charge is -2.04. The first-order valence-corrected chi connectivity index (χ1v) is 13.2. The molecule has 150 valence electrons. The van der Waals surface area contributed by atoms with Crippen molar-refractivity contribution < 1.29 is 0 Å². The van der Waals surface area contributed by atoms with Crippen LogP contribution in [0.3, 0.4) is 0 Å². The molecule has 1 heterocycles. The molecule has 1 fully saturated rings. The van der Waals surface area contributed by atoms with Crippen LogP contribution in [0.25, 0.3) is 0 Å². The van der Waals surface area contributed by atoms with Gasteiger partial charge < -0.3 is 0 Å². The van der Waals surface area contributed by atoms with Crippen LogP contribution in [0.2, 0.25) is 0 Å². The molecular weight excluding hydrogens is 320 g/mol. The van der Waals surface area contributed by atoms with Gasteiger partial charge >= 0.3 is 0 Å². The van der Waals surface area contributed by atoms with Gasteiger partial charge in [0.1, 0.15) is 0 Å². The molecular formula is C24H48S. The minimum absolute atomic E-state index is 1.42. The summed E-state index contributed by atoms with van der Waals surface area (Å²) in [7, 11) is 0. The number of rotatable bonds is 0. The minimum atomic E-state index is 1.42. The van der Waals surface area contributed by atoms with Crippen molar-refractivity contribution in [2.24, 2.45) is 0 Å². The predicted molar refractivity (Wildman–Crippen MR) is 119 cm³/mol. The fraction of sp³-hybridized carbons (Fsp3) is 1.00. The molecule has 0 aliphatic carbocycles. The maximum atomic E-state index is 2.21. The van der Waals surface area contributed by atoms with Gasteiger partial charge in [-0.25, -0.2) is 0 Å². The highest BCUT2D eigenvalue weighted by Crippen LogP contribution is 2.17. The Balaban J connectivity index is 2.00. The predicted octanol–water partition coefficient (Wildman–Crippen LogP) is 9.32. The van der Waals surface area contributed by atoms with Gasteiger partial charge in [-0.3, -0.25) is 0 Å². The van der Waals surface area contributed by atoms with E-state index in [-0.39, 0.29) is 0 Å². The van der Waals surface area contributed by atoms with Crippen molar-refractivity contribution in [3.05, 3.63) is 0 Å². The highest BCUT2D eigenvalue weighted by atomic mass is 32.2. The summed E-state index contributed by atoms with van der Waals surface area (Å²) in [6.07, 6.45) is 32.8. The molecule has 0 aromatic heterocycles. The van der Waals surface area contributed by atoms with Crippen LogP contribution in [0.4, 0.5) is 0 Å². The van der Waals surface area contributed by atoms with Gasteiger partial charge in [-0.2, -0.15) is 11.8 Å². The Hall–Kier alpha value is 0.350. The van der Waals surface area contributed by atoms with Gasteiger partial charge in [0.15, 0.2) is 0 Å². The summed E-state index contributed by atoms with van der Waals surface area (Å²) >= 11 is 2.21. The molecule has 25 heavy (non-hydrogen) atoms. The lowest BCUT2D eigenvalue weighted by Crippen LogP contribution is -1.87. The lowest BCUT2D eigenvalue weighted by atomic mass is 10.0.